The van der Waals surface area contributed by atoms with Crippen molar-refractivity contribution in [3.63, 3.8) is 0 Å². The number of anilines is 1. The van der Waals surface area contributed by atoms with Gasteiger partial charge in [0, 0.05) is 12.7 Å². The van der Waals surface area contributed by atoms with Crippen LogP contribution in [-0.4, -0.2) is 33.7 Å². The molecule has 2 rings (SSSR count). The lowest BCUT2D eigenvalue weighted by Gasteiger charge is -2.10. The first-order valence-electron chi connectivity index (χ1n) is 6.94. The molecule has 24 heavy (non-hydrogen) atoms. The number of ether oxygens (including phenoxy) is 1. The van der Waals surface area contributed by atoms with Crippen molar-refractivity contribution in [2.45, 2.75) is 13.8 Å². The van der Waals surface area contributed by atoms with Crippen LogP contribution in [0.25, 0.3) is 0 Å². The lowest BCUT2D eigenvalue weighted by atomic mass is 10.1. The zero-order chi connectivity index (χ0) is 18.0. The number of amides is 1. The molecule has 0 fully saturated rings. The van der Waals surface area contributed by atoms with Crippen LogP contribution < -0.4 is 5.32 Å². The predicted molar refractivity (Wildman–Crippen MR) is 85.1 cm³/mol. The number of methoxy groups -OCH3 is 1. The van der Waals surface area contributed by atoms with Gasteiger partial charge in [-0.1, -0.05) is 6.07 Å². The highest BCUT2D eigenvalue weighted by atomic mass is 16.6. The minimum Gasteiger partial charge on any atom is -0.465 e. The van der Waals surface area contributed by atoms with E-state index in [1.807, 2.05) is 0 Å². The first kappa shape index (κ1) is 17.1. The molecule has 0 saturated carbocycles. The molecule has 1 amide bonds. The zero-order valence-corrected chi connectivity index (χ0v) is 13.6. The molecule has 0 radical (unpaired) electrons. The molecular formula is C15H16N4O5. The molecule has 0 spiro atoms. The van der Waals surface area contributed by atoms with E-state index in [-0.39, 0.29) is 22.6 Å². The van der Waals surface area contributed by atoms with E-state index in [0.29, 0.717) is 11.3 Å². The van der Waals surface area contributed by atoms with Crippen LogP contribution in [-0.2, 0) is 11.8 Å². The van der Waals surface area contributed by atoms with E-state index in [1.165, 1.54) is 27.1 Å². The van der Waals surface area contributed by atoms with Crippen molar-refractivity contribution < 1.29 is 19.2 Å². The third-order valence-corrected chi connectivity index (χ3v) is 3.50. The van der Waals surface area contributed by atoms with Crippen LogP contribution in [0.2, 0.25) is 0 Å². The van der Waals surface area contributed by atoms with Crippen LogP contribution in [0.5, 0.6) is 0 Å². The van der Waals surface area contributed by atoms with E-state index in [0.717, 1.165) is 4.68 Å². The minimum absolute atomic E-state index is 0.146. The average Bonchev–Trinajstić information content (AvgIpc) is 2.83. The Bertz CT molecular complexity index is 841. The topological polar surface area (TPSA) is 116 Å². The summed E-state index contributed by atoms with van der Waals surface area (Å²) in [5.41, 5.74) is 0.938. The minimum atomic E-state index is -0.685. The molecule has 9 nitrogen and oxygen atoms in total. The van der Waals surface area contributed by atoms with Gasteiger partial charge in [-0.15, -0.1) is 0 Å². The molecule has 0 bridgehead atoms. The summed E-state index contributed by atoms with van der Waals surface area (Å²) in [5.74, 6) is -1.23. The van der Waals surface area contributed by atoms with E-state index in [4.69, 9.17) is 0 Å². The summed E-state index contributed by atoms with van der Waals surface area (Å²) < 4.78 is 5.79. The molecule has 1 N–H and O–H groups in total. The third-order valence-electron chi connectivity index (χ3n) is 3.50. The second-order valence-corrected chi connectivity index (χ2v) is 5.14. The van der Waals surface area contributed by atoms with Gasteiger partial charge in [-0.25, -0.2) is 4.79 Å². The Morgan fingerprint density at radius 2 is 2.00 bits per heavy atom. The monoisotopic (exact) mass is 332 g/mol. The number of nitrogens with one attached hydrogen (secondary N) is 1. The lowest BCUT2D eigenvalue weighted by molar-refractivity contribution is -0.385. The quantitative estimate of drug-likeness (QED) is 0.520. The Morgan fingerprint density at radius 1 is 1.33 bits per heavy atom. The van der Waals surface area contributed by atoms with Crippen molar-refractivity contribution in [3.05, 3.63) is 50.8 Å². The molecule has 0 aliphatic carbocycles. The maximum Gasteiger partial charge on any atom is 0.337 e. The highest BCUT2D eigenvalue weighted by molar-refractivity contribution is 6.07. The largest absolute Gasteiger partial charge is 0.465 e. The van der Waals surface area contributed by atoms with Crippen molar-refractivity contribution in [1.82, 2.24) is 9.78 Å². The van der Waals surface area contributed by atoms with Crippen molar-refractivity contribution in [3.8, 4) is 0 Å². The molecule has 0 unspecified atom stereocenters. The number of hydrogen-bond acceptors (Lipinski definition) is 6. The smallest absolute Gasteiger partial charge is 0.337 e. The predicted octanol–water partition coefficient (Wildman–Crippen LogP) is 1.98. The Kier molecular flexibility index (Phi) is 4.63. The summed E-state index contributed by atoms with van der Waals surface area (Å²) in [6.45, 7) is 3.19. The van der Waals surface area contributed by atoms with Crippen molar-refractivity contribution >= 4 is 23.3 Å². The number of carbonyl (C=O) groups excluding carboxylic acids is 2. The normalized spacial score (nSPS) is 10.3. The molecule has 9 heteroatoms. The van der Waals surface area contributed by atoms with Gasteiger partial charge in [0.25, 0.3) is 5.91 Å². The standard InChI is InChI=1S/C15H16N4O5/c1-8-5-6-10(15(21)24-4)7-11(8)16-14(20)13-12(19(22)23)9(2)17-18(13)3/h5-7H,1-4H3,(H,16,20). The van der Waals surface area contributed by atoms with E-state index >= 15 is 0 Å². The fourth-order valence-electron chi connectivity index (χ4n) is 2.30. The zero-order valence-electron chi connectivity index (χ0n) is 13.6. The number of nitrogens with zero attached hydrogens (tertiary/aromatic N) is 3. The van der Waals surface area contributed by atoms with Gasteiger partial charge in [0.2, 0.25) is 5.69 Å². The fraction of sp³-hybridized carbons (Fsp3) is 0.267. The third kappa shape index (κ3) is 3.09. The molecule has 1 aromatic carbocycles. The van der Waals surface area contributed by atoms with Crippen LogP contribution in [0, 0.1) is 24.0 Å². The summed E-state index contributed by atoms with van der Waals surface area (Å²) in [6.07, 6.45) is 0. The van der Waals surface area contributed by atoms with Gasteiger partial charge in [-0.3, -0.25) is 19.6 Å². The summed E-state index contributed by atoms with van der Waals surface area (Å²) in [4.78, 5) is 34.6. The molecule has 0 saturated heterocycles. The molecular weight excluding hydrogens is 316 g/mol. The Labute approximate surface area is 137 Å². The number of nitro groups is 1. The molecule has 2 aromatic rings. The van der Waals surface area contributed by atoms with Crippen molar-refractivity contribution in [2.75, 3.05) is 12.4 Å². The van der Waals surface area contributed by atoms with Gasteiger partial charge in [0.1, 0.15) is 5.69 Å². The number of rotatable bonds is 4. The van der Waals surface area contributed by atoms with E-state index in [1.54, 1.807) is 19.1 Å². The number of aryl methyl sites for hydroxylation is 3. The second-order valence-electron chi connectivity index (χ2n) is 5.14. The molecule has 0 aliphatic heterocycles. The van der Waals surface area contributed by atoms with Gasteiger partial charge >= 0.3 is 11.7 Å². The number of carbonyl (C=O) groups is 2. The second kappa shape index (κ2) is 6.49. The van der Waals surface area contributed by atoms with Crippen LogP contribution >= 0.6 is 0 Å². The van der Waals surface area contributed by atoms with Gasteiger partial charge in [-0.2, -0.15) is 5.10 Å². The number of hydrogen-bond donors (Lipinski definition) is 1. The van der Waals surface area contributed by atoms with E-state index in [9.17, 15) is 19.7 Å². The lowest BCUT2D eigenvalue weighted by Crippen LogP contribution is -2.18. The Hall–Kier alpha value is -3.23. The van der Waals surface area contributed by atoms with Gasteiger partial charge < -0.3 is 10.1 Å². The van der Waals surface area contributed by atoms with E-state index in [2.05, 4.69) is 15.2 Å². The SMILES string of the molecule is COC(=O)c1ccc(C)c(NC(=O)c2c([N+](=O)[O-])c(C)nn2C)c1. The van der Waals surface area contributed by atoms with Crippen LogP contribution in [0.1, 0.15) is 32.1 Å². The summed E-state index contributed by atoms with van der Waals surface area (Å²) in [7, 11) is 2.70. The molecule has 1 aromatic heterocycles. The average molecular weight is 332 g/mol. The number of aromatic nitrogens is 2. The van der Waals surface area contributed by atoms with Crippen molar-refractivity contribution in [2.24, 2.45) is 7.05 Å². The van der Waals surface area contributed by atoms with Gasteiger partial charge in [0.15, 0.2) is 0 Å². The maximum atomic E-state index is 12.5. The Morgan fingerprint density at radius 3 is 2.58 bits per heavy atom. The highest BCUT2D eigenvalue weighted by Crippen LogP contribution is 2.24. The maximum absolute atomic E-state index is 12.5. The fourth-order valence-corrected chi connectivity index (χ4v) is 2.30. The first-order chi connectivity index (χ1) is 11.3. The number of benzene rings is 1. The van der Waals surface area contributed by atoms with Crippen LogP contribution in [0.4, 0.5) is 11.4 Å². The molecule has 0 atom stereocenters. The first-order valence-corrected chi connectivity index (χ1v) is 6.94. The summed E-state index contributed by atoms with van der Waals surface area (Å²) in [6, 6.07) is 4.66. The Balaban J connectivity index is 2.41. The molecule has 126 valence electrons. The number of esters is 1. The van der Waals surface area contributed by atoms with E-state index < -0.39 is 16.8 Å². The van der Waals surface area contributed by atoms with Gasteiger partial charge in [-0.05, 0) is 31.5 Å². The van der Waals surface area contributed by atoms with Gasteiger partial charge in [0.05, 0.1) is 17.6 Å². The summed E-state index contributed by atoms with van der Waals surface area (Å²) in [5, 5.41) is 17.7. The van der Waals surface area contributed by atoms with Crippen molar-refractivity contribution in [1.29, 1.82) is 0 Å². The van der Waals surface area contributed by atoms with Crippen LogP contribution in [0.3, 0.4) is 0 Å². The molecule has 0 aliphatic rings. The summed E-state index contributed by atoms with van der Waals surface area (Å²) >= 11 is 0. The van der Waals surface area contributed by atoms with Crippen LogP contribution in [0.15, 0.2) is 18.2 Å². The molecule has 1 heterocycles. The highest BCUT2D eigenvalue weighted by Gasteiger charge is 2.29.